The summed E-state index contributed by atoms with van der Waals surface area (Å²) in [6.45, 7) is 0. The SMILES string of the molecule is CN(C(=O)/C=C/c1ccco1)C1CCCCCC1. The number of carbonyl (C=O) groups is 1. The predicted molar refractivity (Wildman–Crippen MR) is 72.0 cm³/mol. The third-order valence-corrected chi connectivity index (χ3v) is 3.65. The predicted octanol–water partition coefficient (Wildman–Crippen LogP) is 3.47. The quantitative estimate of drug-likeness (QED) is 0.605. The molecule has 1 aromatic heterocycles. The molecule has 1 heterocycles. The molecule has 0 spiro atoms. The third kappa shape index (κ3) is 3.49. The van der Waals surface area contributed by atoms with E-state index in [2.05, 4.69) is 0 Å². The fraction of sp³-hybridized carbons (Fsp3) is 0.533. The highest BCUT2D eigenvalue weighted by Gasteiger charge is 2.19. The smallest absolute Gasteiger partial charge is 0.246 e. The molecule has 1 aliphatic carbocycles. The van der Waals surface area contributed by atoms with Crippen LogP contribution in [0.4, 0.5) is 0 Å². The summed E-state index contributed by atoms with van der Waals surface area (Å²) in [7, 11) is 1.91. The van der Waals surface area contributed by atoms with Crippen molar-refractivity contribution in [3.63, 3.8) is 0 Å². The molecule has 0 unspecified atom stereocenters. The van der Waals surface area contributed by atoms with Crippen LogP contribution < -0.4 is 0 Å². The first-order valence-corrected chi connectivity index (χ1v) is 6.76. The van der Waals surface area contributed by atoms with Crippen molar-refractivity contribution in [3.05, 3.63) is 30.2 Å². The minimum absolute atomic E-state index is 0.0679. The van der Waals surface area contributed by atoms with Crippen LogP contribution in [0.3, 0.4) is 0 Å². The molecule has 3 nitrogen and oxygen atoms in total. The zero-order chi connectivity index (χ0) is 12.8. The lowest BCUT2D eigenvalue weighted by Gasteiger charge is -2.26. The van der Waals surface area contributed by atoms with Gasteiger partial charge in [0.1, 0.15) is 5.76 Å². The van der Waals surface area contributed by atoms with Crippen LogP contribution in [0.2, 0.25) is 0 Å². The van der Waals surface area contributed by atoms with E-state index < -0.39 is 0 Å². The second-order valence-electron chi connectivity index (χ2n) is 4.94. The highest BCUT2D eigenvalue weighted by atomic mass is 16.3. The zero-order valence-corrected chi connectivity index (χ0v) is 11.0. The first-order valence-electron chi connectivity index (χ1n) is 6.76. The van der Waals surface area contributed by atoms with Gasteiger partial charge < -0.3 is 9.32 Å². The highest BCUT2D eigenvalue weighted by molar-refractivity contribution is 5.91. The van der Waals surface area contributed by atoms with E-state index in [1.54, 1.807) is 18.4 Å². The molecule has 1 fully saturated rings. The van der Waals surface area contributed by atoms with E-state index in [0.29, 0.717) is 6.04 Å². The Morgan fingerprint density at radius 3 is 2.67 bits per heavy atom. The van der Waals surface area contributed by atoms with Gasteiger partial charge in [0.05, 0.1) is 6.26 Å². The van der Waals surface area contributed by atoms with E-state index in [1.165, 1.54) is 25.7 Å². The molecule has 3 heteroatoms. The van der Waals surface area contributed by atoms with Gasteiger partial charge >= 0.3 is 0 Å². The number of likely N-dealkylation sites (N-methyl/N-ethyl adjacent to an activating group) is 1. The Labute approximate surface area is 108 Å². The Bertz CT molecular complexity index is 387. The number of hydrogen-bond donors (Lipinski definition) is 0. The largest absolute Gasteiger partial charge is 0.465 e. The van der Waals surface area contributed by atoms with E-state index in [-0.39, 0.29) is 5.91 Å². The first-order chi connectivity index (χ1) is 8.77. The van der Waals surface area contributed by atoms with Gasteiger partial charge in [0.15, 0.2) is 0 Å². The maximum atomic E-state index is 12.0. The van der Waals surface area contributed by atoms with E-state index in [1.807, 2.05) is 24.1 Å². The molecule has 1 aliphatic rings. The maximum absolute atomic E-state index is 12.0. The summed E-state index contributed by atoms with van der Waals surface area (Å²) in [6.07, 6.45) is 12.3. The molecule has 0 radical (unpaired) electrons. The molecule has 0 aliphatic heterocycles. The molecule has 1 aromatic rings. The van der Waals surface area contributed by atoms with Crippen molar-refractivity contribution in [2.24, 2.45) is 0 Å². The summed E-state index contributed by atoms with van der Waals surface area (Å²) in [5, 5.41) is 0. The van der Waals surface area contributed by atoms with Crippen molar-refractivity contribution in [3.8, 4) is 0 Å². The lowest BCUT2D eigenvalue weighted by Crippen LogP contribution is -2.35. The monoisotopic (exact) mass is 247 g/mol. The highest BCUT2D eigenvalue weighted by Crippen LogP contribution is 2.21. The number of rotatable bonds is 3. The number of amides is 1. The van der Waals surface area contributed by atoms with Crippen LogP contribution in [-0.4, -0.2) is 23.9 Å². The van der Waals surface area contributed by atoms with Crippen molar-refractivity contribution < 1.29 is 9.21 Å². The maximum Gasteiger partial charge on any atom is 0.246 e. The number of hydrogen-bond acceptors (Lipinski definition) is 2. The Morgan fingerprint density at radius 2 is 2.06 bits per heavy atom. The van der Waals surface area contributed by atoms with Crippen LogP contribution in [0.1, 0.15) is 44.3 Å². The van der Waals surface area contributed by atoms with Gasteiger partial charge in [-0.3, -0.25) is 4.79 Å². The number of nitrogens with zero attached hydrogens (tertiary/aromatic N) is 1. The Morgan fingerprint density at radius 1 is 1.33 bits per heavy atom. The van der Waals surface area contributed by atoms with Crippen molar-refractivity contribution in [2.45, 2.75) is 44.6 Å². The van der Waals surface area contributed by atoms with Crippen LogP contribution >= 0.6 is 0 Å². The third-order valence-electron chi connectivity index (χ3n) is 3.65. The van der Waals surface area contributed by atoms with E-state index in [9.17, 15) is 4.79 Å². The summed E-state index contributed by atoms with van der Waals surface area (Å²) >= 11 is 0. The Balaban J connectivity index is 1.91. The molecule has 18 heavy (non-hydrogen) atoms. The first kappa shape index (κ1) is 12.9. The van der Waals surface area contributed by atoms with Crippen LogP contribution in [0.25, 0.3) is 6.08 Å². The van der Waals surface area contributed by atoms with Crippen molar-refractivity contribution in [2.75, 3.05) is 7.05 Å². The van der Waals surface area contributed by atoms with Gasteiger partial charge in [-0.15, -0.1) is 0 Å². The summed E-state index contributed by atoms with van der Waals surface area (Å²) in [4.78, 5) is 13.9. The fourth-order valence-electron chi connectivity index (χ4n) is 2.48. The van der Waals surface area contributed by atoms with Crippen LogP contribution in [0, 0.1) is 0 Å². The second kappa shape index (κ2) is 6.43. The minimum Gasteiger partial charge on any atom is -0.465 e. The summed E-state index contributed by atoms with van der Waals surface area (Å²) in [6, 6.07) is 4.07. The van der Waals surface area contributed by atoms with Crippen LogP contribution in [-0.2, 0) is 4.79 Å². The molecule has 0 bridgehead atoms. The molecule has 0 N–H and O–H groups in total. The average molecular weight is 247 g/mol. The number of carbonyl (C=O) groups excluding carboxylic acids is 1. The standard InChI is InChI=1S/C15H21NO2/c1-16(13-7-4-2-3-5-8-13)15(17)11-10-14-9-6-12-18-14/h6,9-13H,2-5,7-8H2,1H3/b11-10+. The lowest BCUT2D eigenvalue weighted by molar-refractivity contribution is -0.126. The molecule has 0 aromatic carbocycles. The van der Waals surface area contributed by atoms with E-state index >= 15 is 0 Å². The molecule has 0 saturated heterocycles. The zero-order valence-electron chi connectivity index (χ0n) is 11.0. The van der Waals surface area contributed by atoms with Crippen molar-refractivity contribution in [1.82, 2.24) is 4.90 Å². The summed E-state index contributed by atoms with van der Waals surface area (Å²) in [5.41, 5.74) is 0. The topological polar surface area (TPSA) is 33.5 Å². The molecule has 1 amide bonds. The Kier molecular flexibility index (Phi) is 4.62. The van der Waals surface area contributed by atoms with Gasteiger partial charge in [0.25, 0.3) is 0 Å². The van der Waals surface area contributed by atoms with Crippen LogP contribution in [0.5, 0.6) is 0 Å². The van der Waals surface area contributed by atoms with Gasteiger partial charge in [0, 0.05) is 19.2 Å². The van der Waals surface area contributed by atoms with E-state index in [4.69, 9.17) is 4.42 Å². The van der Waals surface area contributed by atoms with E-state index in [0.717, 1.165) is 18.6 Å². The van der Waals surface area contributed by atoms with Gasteiger partial charge in [-0.2, -0.15) is 0 Å². The Hall–Kier alpha value is -1.51. The van der Waals surface area contributed by atoms with Gasteiger partial charge in [0.2, 0.25) is 5.91 Å². The lowest BCUT2D eigenvalue weighted by atomic mass is 10.1. The van der Waals surface area contributed by atoms with Gasteiger partial charge in [-0.1, -0.05) is 25.7 Å². The molecule has 1 saturated carbocycles. The molecule has 0 atom stereocenters. The van der Waals surface area contributed by atoms with Gasteiger partial charge in [-0.25, -0.2) is 0 Å². The normalized spacial score (nSPS) is 17.8. The van der Waals surface area contributed by atoms with Crippen molar-refractivity contribution in [1.29, 1.82) is 0 Å². The number of furan rings is 1. The molecule has 2 rings (SSSR count). The molecule has 98 valence electrons. The van der Waals surface area contributed by atoms with Gasteiger partial charge in [-0.05, 0) is 31.1 Å². The molecular weight excluding hydrogens is 226 g/mol. The fourth-order valence-corrected chi connectivity index (χ4v) is 2.48. The van der Waals surface area contributed by atoms with Crippen LogP contribution in [0.15, 0.2) is 28.9 Å². The molecular formula is C15H21NO2. The summed E-state index contributed by atoms with van der Waals surface area (Å²) < 4.78 is 5.17. The minimum atomic E-state index is 0.0679. The van der Waals surface area contributed by atoms with Crippen molar-refractivity contribution >= 4 is 12.0 Å². The second-order valence-corrected chi connectivity index (χ2v) is 4.94. The average Bonchev–Trinajstić information content (AvgIpc) is 2.75. The summed E-state index contributed by atoms with van der Waals surface area (Å²) in [5.74, 6) is 0.788.